The van der Waals surface area contributed by atoms with Crippen molar-refractivity contribution in [1.82, 2.24) is 0 Å². The van der Waals surface area contributed by atoms with Gasteiger partial charge in [-0.15, -0.1) is 0 Å². The first-order valence-corrected chi connectivity index (χ1v) is 3.77. The first-order valence-electron chi connectivity index (χ1n) is 3.77. The van der Waals surface area contributed by atoms with E-state index >= 15 is 0 Å². The van der Waals surface area contributed by atoms with Crippen molar-refractivity contribution < 1.29 is 0 Å². The summed E-state index contributed by atoms with van der Waals surface area (Å²) in [5, 5.41) is 3.01. The van der Waals surface area contributed by atoms with E-state index in [4.69, 9.17) is 5.73 Å². The molecule has 3 heteroatoms. The summed E-state index contributed by atoms with van der Waals surface area (Å²) in [4.78, 5) is 3.90. The molecule has 0 heterocycles. The van der Waals surface area contributed by atoms with Gasteiger partial charge in [-0.25, -0.2) is 0 Å². The van der Waals surface area contributed by atoms with Crippen LogP contribution in [0.3, 0.4) is 0 Å². The second-order valence-electron chi connectivity index (χ2n) is 2.48. The third-order valence-corrected chi connectivity index (χ3v) is 1.64. The predicted molar refractivity (Wildman–Crippen MR) is 53.9 cm³/mol. The van der Waals surface area contributed by atoms with Crippen LogP contribution in [-0.2, 0) is 0 Å². The minimum atomic E-state index is 0.743. The quantitative estimate of drug-likeness (QED) is 0.511. The van der Waals surface area contributed by atoms with E-state index in [-0.39, 0.29) is 0 Å². The topological polar surface area (TPSA) is 50.4 Å². The standard InChI is InChI=1S/C9H13N3/c1-11-6-7-3-4-8(12-2)5-9(7)10/h3-6,12H,10H2,1-2H3. The van der Waals surface area contributed by atoms with E-state index in [0.717, 1.165) is 16.9 Å². The second kappa shape index (κ2) is 3.76. The summed E-state index contributed by atoms with van der Waals surface area (Å²) in [5.41, 5.74) is 8.46. The fourth-order valence-electron chi connectivity index (χ4n) is 0.987. The maximum absolute atomic E-state index is 5.75. The summed E-state index contributed by atoms with van der Waals surface area (Å²) in [6.45, 7) is 0. The van der Waals surface area contributed by atoms with E-state index in [2.05, 4.69) is 10.3 Å². The smallest absolute Gasteiger partial charge is 0.0423 e. The molecule has 64 valence electrons. The Morgan fingerprint density at radius 3 is 2.75 bits per heavy atom. The Kier molecular flexibility index (Phi) is 2.69. The zero-order chi connectivity index (χ0) is 8.97. The lowest BCUT2D eigenvalue weighted by atomic mass is 10.2. The Balaban J connectivity index is 3.03. The summed E-state index contributed by atoms with van der Waals surface area (Å²) < 4.78 is 0. The van der Waals surface area contributed by atoms with Gasteiger partial charge in [-0.1, -0.05) is 0 Å². The zero-order valence-corrected chi connectivity index (χ0v) is 7.33. The monoisotopic (exact) mass is 163 g/mol. The lowest BCUT2D eigenvalue weighted by molar-refractivity contribution is 1.45. The van der Waals surface area contributed by atoms with E-state index < -0.39 is 0 Å². The van der Waals surface area contributed by atoms with Crippen molar-refractivity contribution >= 4 is 17.6 Å². The molecule has 0 aliphatic carbocycles. The van der Waals surface area contributed by atoms with Crippen LogP contribution < -0.4 is 11.1 Å². The van der Waals surface area contributed by atoms with Gasteiger partial charge in [0.15, 0.2) is 0 Å². The van der Waals surface area contributed by atoms with Crippen molar-refractivity contribution in [1.29, 1.82) is 0 Å². The Bertz CT molecular complexity index is 292. The molecule has 0 atom stereocenters. The maximum Gasteiger partial charge on any atom is 0.0423 e. The van der Waals surface area contributed by atoms with Gasteiger partial charge in [0.25, 0.3) is 0 Å². The minimum Gasteiger partial charge on any atom is -0.398 e. The van der Waals surface area contributed by atoms with Crippen molar-refractivity contribution in [2.75, 3.05) is 25.1 Å². The van der Waals surface area contributed by atoms with Gasteiger partial charge in [-0.05, 0) is 18.2 Å². The van der Waals surface area contributed by atoms with Crippen LogP contribution in [0.5, 0.6) is 0 Å². The van der Waals surface area contributed by atoms with E-state index in [0.29, 0.717) is 0 Å². The Morgan fingerprint density at radius 1 is 1.50 bits per heavy atom. The van der Waals surface area contributed by atoms with Crippen LogP contribution >= 0.6 is 0 Å². The molecule has 0 fully saturated rings. The fraction of sp³-hybridized carbons (Fsp3) is 0.222. The summed E-state index contributed by atoms with van der Waals surface area (Å²) in [7, 11) is 3.59. The molecule has 1 rings (SSSR count). The Morgan fingerprint density at radius 2 is 2.25 bits per heavy atom. The van der Waals surface area contributed by atoms with Crippen LogP contribution in [0.15, 0.2) is 23.2 Å². The first kappa shape index (κ1) is 8.59. The van der Waals surface area contributed by atoms with Crippen molar-refractivity contribution in [3.8, 4) is 0 Å². The van der Waals surface area contributed by atoms with Gasteiger partial charge in [0, 0.05) is 37.2 Å². The largest absolute Gasteiger partial charge is 0.398 e. The lowest BCUT2D eigenvalue weighted by Gasteiger charge is -2.03. The number of nitrogens with zero attached hydrogens (tertiary/aromatic N) is 1. The van der Waals surface area contributed by atoms with E-state index in [9.17, 15) is 0 Å². The van der Waals surface area contributed by atoms with Gasteiger partial charge in [0.2, 0.25) is 0 Å². The highest BCUT2D eigenvalue weighted by Gasteiger charge is 1.95. The lowest BCUT2D eigenvalue weighted by Crippen LogP contribution is -1.95. The van der Waals surface area contributed by atoms with Crippen molar-refractivity contribution in [3.63, 3.8) is 0 Å². The highest BCUT2D eigenvalue weighted by atomic mass is 14.8. The summed E-state index contributed by atoms with van der Waals surface area (Å²) in [6, 6.07) is 5.79. The minimum absolute atomic E-state index is 0.743. The number of anilines is 2. The number of aliphatic imine (C=N–C) groups is 1. The molecule has 0 radical (unpaired) electrons. The van der Waals surface area contributed by atoms with Gasteiger partial charge < -0.3 is 11.1 Å². The highest BCUT2D eigenvalue weighted by Crippen LogP contribution is 2.15. The van der Waals surface area contributed by atoms with Crippen molar-refractivity contribution in [2.45, 2.75) is 0 Å². The molecule has 0 bridgehead atoms. The van der Waals surface area contributed by atoms with Crippen LogP contribution in [0.1, 0.15) is 5.56 Å². The number of hydrogen-bond acceptors (Lipinski definition) is 3. The Hall–Kier alpha value is -1.51. The molecule has 0 amide bonds. The van der Waals surface area contributed by atoms with Crippen molar-refractivity contribution in [2.24, 2.45) is 4.99 Å². The molecular weight excluding hydrogens is 150 g/mol. The maximum atomic E-state index is 5.75. The molecule has 0 aliphatic rings. The van der Waals surface area contributed by atoms with E-state index in [1.54, 1.807) is 13.3 Å². The van der Waals surface area contributed by atoms with E-state index in [1.807, 2.05) is 25.2 Å². The van der Waals surface area contributed by atoms with Crippen LogP contribution in [0, 0.1) is 0 Å². The third kappa shape index (κ3) is 1.75. The molecule has 0 saturated carbocycles. The molecular formula is C9H13N3. The van der Waals surface area contributed by atoms with Crippen LogP contribution in [0.25, 0.3) is 0 Å². The molecule has 3 nitrogen and oxygen atoms in total. The molecule has 1 aromatic carbocycles. The normalized spacial score (nSPS) is 10.5. The zero-order valence-electron chi connectivity index (χ0n) is 7.33. The molecule has 12 heavy (non-hydrogen) atoms. The van der Waals surface area contributed by atoms with Gasteiger partial charge in [0.05, 0.1) is 0 Å². The predicted octanol–water partition coefficient (Wildman–Crippen LogP) is 1.36. The number of rotatable bonds is 2. The van der Waals surface area contributed by atoms with Gasteiger partial charge in [-0.2, -0.15) is 0 Å². The summed E-state index contributed by atoms with van der Waals surface area (Å²) in [6.07, 6.45) is 1.74. The summed E-state index contributed by atoms with van der Waals surface area (Å²) in [5.74, 6) is 0. The fourth-order valence-corrected chi connectivity index (χ4v) is 0.987. The van der Waals surface area contributed by atoms with Crippen LogP contribution in [-0.4, -0.2) is 20.3 Å². The third-order valence-electron chi connectivity index (χ3n) is 1.64. The molecule has 0 aliphatic heterocycles. The number of benzene rings is 1. The average Bonchev–Trinajstić information content (AvgIpc) is 2.09. The molecule has 0 saturated heterocycles. The van der Waals surface area contributed by atoms with Gasteiger partial charge in [-0.3, -0.25) is 4.99 Å². The van der Waals surface area contributed by atoms with Crippen LogP contribution in [0.4, 0.5) is 11.4 Å². The Labute approximate surface area is 72.3 Å². The molecule has 0 unspecified atom stereocenters. The molecule has 1 aromatic rings. The highest BCUT2D eigenvalue weighted by molar-refractivity contribution is 5.87. The number of nitrogens with two attached hydrogens (primary N) is 1. The van der Waals surface area contributed by atoms with E-state index in [1.165, 1.54) is 0 Å². The van der Waals surface area contributed by atoms with Crippen LogP contribution in [0.2, 0.25) is 0 Å². The molecule has 0 aromatic heterocycles. The molecule has 0 spiro atoms. The van der Waals surface area contributed by atoms with Crippen molar-refractivity contribution in [3.05, 3.63) is 23.8 Å². The second-order valence-corrected chi connectivity index (χ2v) is 2.48. The molecule has 3 N–H and O–H groups in total. The number of nitrogens with one attached hydrogen (secondary N) is 1. The summed E-state index contributed by atoms with van der Waals surface area (Å²) >= 11 is 0. The number of hydrogen-bond donors (Lipinski definition) is 2. The SMILES string of the molecule is CN=Cc1ccc(NC)cc1N. The van der Waals surface area contributed by atoms with Gasteiger partial charge in [0.1, 0.15) is 0 Å². The first-order chi connectivity index (χ1) is 5.77. The van der Waals surface area contributed by atoms with Gasteiger partial charge >= 0.3 is 0 Å². The average molecular weight is 163 g/mol. The number of nitrogen functional groups attached to an aromatic ring is 1.